The highest BCUT2D eigenvalue weighted by Gasteiger charge is 2.26. The Morgan fingerprint density at radius 3 is 2.95 bits per heavy atom. The average Bonchev–Trinajstić information content (AvgIpc) is 2.38. The van der Waals surface area contributed by atoms with Gasteiger partial charge in [-0.15, -0.1) is 0 Å². The zero-order chi connectivity index (χ0) is 14.0. The van der Waals surface area contributed by atoms with Gasteiger partial charge in [0.2, 0.25) is 0 Å². The van der Waals surface area contributed by atoms with E-state index in [1.54, 1.807) is 11.0 Å². The molecule has 1 atom stereocenters. The number of rotatable bonds is 2. The predicted molar refractivity (Wildman–Crippen MR) is 72.1 cm³/mol. The molecule has 7 heteroatoms. The molecule has 1 aliphatic heterocycles. The Morgan fingerprint density at radius 1 is 1.58 bits per heavy atom. The molecule has 1 aromatic carbocycles. The van der Waals surface area contributed by atoms with Gasteiger partial charge < -0.3 is 9.64 Å². The number of nitro groups is 1. The Hall–Kier alpha value is -1.47. The molecule has 19 heavy (non-hydrogen) atoms. The normalized spacial score (nSPS) is 19.3. The number of carbonyl (C=O) groups excluding carboxylic acids is 1. The number of nitro benzene ring substituents is 1. The van der Waals surface area contributed by atoms with Gasteiger partial charge in [-0.3, -0.25) is 14.9 Å². The smallest absolute Gasteiger partial charge is 0.284 e. The lowest BCUT2D eigenvalue weighted by atomic mass is 10.1. The van der Waals surface area contributed by atoms with Crippen molar-refractivity contribution in [3.63, 3.8) is 0 Å². The SMILES string of the molecule is C[C@H]1CN(C(=O)c2cccc([N+](=O)[O-])c2Br)CCO1. The maximum absolute atomic E-state index is 12.4. The molecule has 0 aromatic heterocycles. The molecule has 1 aromatic rings. The summed E-state index contributed by atoms with van der Waals surface area (Å²) in [6.45, 7) is 3.37. The number of ether oxygens (including phenoxy) is 1. The van der Waals surface area contributed by atoms with Crippen molar-refractivity contribution in [1.82, 2.24) is 4.90 Å². The Bertz CT molecular complexity index is 520. The minimum Gasteiger partial charge on any atom is -0.375 e. The van der Waals surface area contributed by atoms with E-state index in [0.29, 0.717) is 25.3 Å². The first-order valence-corrected chi connectivity index (χ1v) is 6.63. The lowest BCUT2D eigenvalue weighted by Gasteiger charge is -2.31. The minimum absolute atomic E-state index is 0.0184. The fourth-order valence-electron chi connectivity index (χ4n) is 2.00. The molecular formula is C12H13BrN2O4. The fraction of sp³-hybridized carbons (Fsp3) is 0.417. The summed E-state index contributed by atoms with van der Waals surface area (Å²) in [5.74, 6) is -0.217. The molecule has 1 saturated heterocycles. The van der Waals surface area contributed by atoms with E-state index in [9.17, 15) is 14.9 Å². The Balaban J connectivity index is 2.28. The van der Waals surface area contributed by atoms with Crippen LogP contribution in [0.2, 0.25) is 0 Å². The monoisotopic (exact) mass is 328 g/mol. The lowest BCUT2D eigenvalue weighted by Crippen LogP contribution is -2.44. The summed E-state index contributed by atoms with van der Waals surface area (Å²) in [6.07, 6.45) is -0.0184. The maximum atomic E-state index is 12.4. The molecule has 0 spiro atoms. The number of benzene rings is 1. The Kier molecular flexibility index (Phi) is 4.16. The molecule has 2 rings (SSSR count). The fourth-order valence-corrected chi connectivity index (χ4v) is 2.58. The first kappa shape index (κ1) is 14.0. The van der Waals surface area contributed by atoms with Gasteiger partial charge in [0.15, 0.2) is 0 Å². The quantitative estimate of drug-likeness (QED) is 0.616. The Morgan fingerprint density at radius 2 is 2.32 bits per heavy atom. The van der Waals surface area contributed by atoms with E-state index in [1.165, 1.54) is 12.1 Å². The number of amides is 1. The van der Waals surface area contributed by atoms with Crippen molar-refractivity contribution in [3.8, 4) is 0 Å². The van der Waals surface area contributed by atoms with E-state index < -0.39 is 4.92 Å². The van der Waals surface area contributed by atoms with Crippen LogP contribution in [-0.4, -0.2) is 41.5 Å². The van der Waals surface area contributed by atoms with Crippen LogP contribution in [0.1, 0.15) is 17.3 Å². The van der Waals surface area contributed by atoms with Crippen LogP contribution in [0.15, 0.2) is 22.7 Å². The van der Waals surface area contributed by atoms with Gasteiger partial charge in [0.05, 0.1) is 23.2 Å². The molecule has 0 bridgehead atoms. The Labute approximate surface area is 118 Å². The number of hydrogen-bond donors (Lipinski definition) is 0. The maximum Gasteiger partial charge on any atom is 0.284 e. The van der Waals surface area contributed by atoms with Gasteiger partial charge >= 0.3 is 0 Å². The van der Waals surface area contributed by atoms with Crippen LogP contribution in [0.5, 0.6) is 0 Å². The zero-order valence-corrected chi connectivity index (χ0v) is 11.9. The van der Waals surface area contributed by atoms with Crippen LogP contribution in [0.25, 0.3) is 0 Å². The van der Waals surface area contributed by atoms with Crippen LogP contribution in [-0.2, 0) is 4.74 Å². The number of morpholine rings is 1. The summed E-state index contributed by atoms with van der Waals surface area (Å²) in [5.41, 5.74) is 0.204. The van der Waals surface area contributed by atoms with Crippen molar-refractivity contribution in [2.75, 3.05) is 19.7 Å². The predicted octanol–water partition coefficient (Wildman–Crippen LogP) is 2.22. The minimum atomic E-state index is -0.511. The van der Waals surface area contributed by atoms with E-state index in [-0.39, 0.29) is 22.2 Å². The van der Waals surface area contributed by atoms with Crippen molar-refractivity contribution in [3.05, 3.63) is 38.3 Å². The van der Waals surface area contributed by atoms with Crippen molar-refractivity contribution in [2.24, 2.45) is 0 Å². The molecule has 0 N–H and O–H groups in total. The third-order valence-corrected chi connectivity index (χ3v) is 3.77. The van der Waals surface area contributed by atoms with Crippen LogP contribution in [0, 0.1) is 10.1 Å². The molecule has 0 saturated carbocycles. The summed E-state index contributed by atoms with van der Waals surface area (Å²) in [6, 6.07) is 4.46. The third-order valence-electron chi connectivity index (χ3n) is 2.93. The molecule has 1 amide bonds. The second-order valence-corrected chi connectivity index (χ2v) is 5.12. The van der Waals surface area contributed by atoms with Crippen LogP contribution >= 0.6 is 15.9 Å². The topological polar surface area (TPSA) is 72.7 Å². The van der Waals surface area contributed by atoms with Gasteiger partial charge in [-0.05, 0) is 28.9 Å². The second kappa shape index (κ2) is 5.66. The second-order valence-electron chi connectivity index (χ2n) is 4.33. The van der Waals surface area contributed by atoms with Gasteiger partial charge in [-0.25, -0.2) is 0 Å². The van der Waals surface area contributed by atoms with Gasteiger partial charge in [-0.1, -0.05) is 6.07 Å². The van der Waals surface area contributed by atoms with Crippen LogP contribution < -0.4 is 0 Å². The summed E-state index contributed by atoms with van der Waals surface area (Å²) in [7, 11) is 0. The first-order chi connectivity index (χ1) is 9.00. The first-order valence-electron chi connectivity index (χ1n) is 5.84. The molecule has 102 valence electrons. The summed E-state index contributed by atoms with van der Waals surface area (Å²) >= 11 is 3.14. The molecule has 6 nitrogen and oxygen atoms in total. The number of carbonyl (C=O) groups is 1. The van der Waals surface area contributed by atoms with Crippen molar-refractivity contribution in [2.45, 2.75) is 13.0 Å². The number of halogens is 1. The molecule has 1 heterocycles. The van der Waals surface area contributed by atoms with Gasteiger partial charge in [0.25, 0.3) is 11.6 Å². The van der Waals surface area contributed by atoms with E-state index in [2.05, 4.69) is 15.9 Å². The highest BCUT2D eigenvalue weighted by molar-refractivity contribution is 9.10. The van der Waals surface area contributed by atoms with Gasteiger partial charge in [0, 0.05) is 19.2 Å². The number of nitrogens with zero attached hydrogens (tertiary/aromatic N) is 2. The summed E-state index contributed by atoms with van der Waals surface area (Å²) in [5, 5.41) is 10.9. The summed E-state index contributed by atoms with van der Waals surface area (Å²) in [4.78, 5) is 24.4. The molecule has 0 radical (unpaired) electrons. The van der Waals surface area contributed by atoms with Crippen molar-refractivity contribution in [1.29, 1.82) is 0 Å². The van der Waals surface area contributed by atoms with E-state index in [0.717, 1.165) is 0 Å². The van der Waals surface area contributed by atoms with Crippen LogP contribution in [0.4, 0.5) is 5.69 Å². The zero-order valence-electron chi connectivity index (χ0n) is 10.3. The lowest BCUT2D eigenvalue weighted by molar-refractivity contribution is -0.385. The van der Waals surface area contributed by atoms with Gasteiger partial charge in [0.1, 0.15) is 4.47 Å². The summed E-state index contributed by atoms with van der Waals surface area (Å²) < 4.78 is 5.60. The highest BCUT2D eigenvalue weighted by Crippen LogP contribution is 2.29. The average molecular weight is 329 g/mol. The molecule has 0 aliphatic carbocycles. The molecule has 0 unspecified atom stereocenters. The van der Waals surface area contributed by atoms with Crippen molar-refractivity contribution < 1.29 is 14.5 Å². The third kappa shape index (κ3) is 2.93. The van der Waals surface area contributed by atoms with E-state index in [1.807, 2.05) is 6.92 Å². The van der Waals surface area contributed by atoms with Crippen LogP contribution in [0.3, 0.4) is 0 Å². The van der Waals surface area contributed by atoms with Gasteiger partial charge in [-0.2, -0.15) is 0 Å². The van der Waals surface area contributed by atoms with E-state index >= 15 is 0 Å². The highest BCUT2D eigenvalue weighted by atomic mass is 79.9. The molecule has 1 fully saturated rings. The molecule has 1 aliphatic rings. The van der Waals surface area contributed by atoms with Crippen molar-refractivity contribution >= 4 is 27.5 Å². The largest absolute Gasteiger partial charge is 0.375 e. The standard InChI is InChI=1S/C12H13BrN2O4/c1-8-7-14(5-6-19-8)12(16)9-3-2-4-10(11(9)13)15(17)18/h2-4,8H,5-7H2,1H3/t8-/m0/s1. The molecular weight excluding hydrogens is 316 g/mol. The van der Waals surface area contributed by atoms with E-state index in [4.69, 9.17) is 4.74 Å². The number of hydrogen-bond acceptors (Lipinski definition) is 4.